The van der Waals surface area contributed by atoms with Crippen molar-refractivity contribution in [2.75, 3.05) is 13.1 Å². The second-order valence-corrected chi connectivity index (χ2v) is 5.71. The molecule has 0 aromatic carbocycles. The molecular weight excluding hydrogens is 256 g/mol. The van der Waals surface area contributed by atoms with Gasteiger partial charge in [0.1, 0.15) is 0 Å². The summed E-state index contributed by atoms with van der Waals surface area (Å²) in [6.45, 7) is 12.2. The number of carbonyl (C=O) groups is 1. The van der Waals surface area contributed by atoms with Crippen molar-refractivity contribution in [2.45, 2.75) is 51.5 Å². The Morgan fingerprint density at radius 3 is 2.00 bits per heavy atom. The molecule has 15 heavy (non-hydrogen) atoms. The van der Waals surface area contributed by atoms with Gasteiger partial charge in [-0.25, -0.2) is 0 Å². The number of hydrogen-bond donors (Lipinski definition) is 1. The number of nitrogens with zero attached hydrogens (tertiary/aromatic N) is 1. The molecule has 0 heterocycles. The van der Waals surface area contributed by atoms with Crippen molar-refractivity contribution in [2.24, 2.45) is 0 Å². The van der Waals surface area contributed by atoms with Crippen LogP contribution in [0.4, 0.5) is 0 Å². The Hall–Kier alpha value is -0.0900. The van der Waals surface area contributed by atoms with E-state index in [4.69, 9.17) is 0 Å². The fourth-order valence-electron chi connectivity index (χ4n) is 1.56. The lowest BCUT2D eigenvalue weighted by Gasteiger charge is -2.30. The number of rotatable bonds is 6. The van der Waals surface area contributed by atoms with Crippen LogP contribution in [0.2, 0.25) is 0 Å². The van der Waals surface area contributed by atoms with Gasteiger partial charge in [-0.3, -0.25) is 9.69 Å². The lowest BCUT2D eigenvalue weighted by molar-refractivity contribution is -0.120. The molecule has 0 saturated carbocycles. The first kappa shape index (κ1) is 14.9. The average Bonchev–Trinajstić information content (AvgIpc) is 2.10. The molecule has 0 aromatic heterocycles. The molecule has 0 rings (SSSR count). The molecule has 0 aromatic rings. The van der Waals surface area contributed by atoms with Crippen molar-refractivity contribution < 1.29 is 4.79 Å². The van der Waals surface area contributed by atoms with Gasteiger partial charge in [0.05, 0.1) is 4.83 Å². The fraction of sp³-hybridized carbons (Fsp3) is 0.909. The van der Waals surface area contributed by atoms with Crippen molar-refractivity contribution in [3.63, 3.8) is 0 Å². The zero-order valence-corrected chi connectivity index (χ0v) is 12.0. The number of alkyl halides is 1. The molecule has 0 saturated heterocycles. The summed E-state index contributed by atoms with van der Waals surface area (Å²) in [6.07, 6.45) is 0. The van der Waals surface area contributed by atoms with Gasteiger partial charge in [0.15, 0.2) is 0 Å². The maximum Gasteiger partial charge on any atom is 0.233 e. The van der Waals surface area contributed by atoms with Gasteiger partial charge in [0.25, 0.3) is 0 Å². The van der Waals surface area contributed by atoms with Crippen molar-refractivity contribution >= 4 is 21.8 Å². The molecule has 0 aliphatic rings. The van der Waals surface area contributed by atoms with Crippen LogP contribution in [0.5, 0.6) is 0 Å². The molecule has 1 amide bonds. The van der Waals surface area contributed by atoms with Gasteiger partial charge in [-0.1, -0.05) is 15.9 Å². The van der Waals surface area contributed by atoms with Crippen molar-refractivity contribution in [1.29, 1.82) is 0 Å². The molecule has 0 fully saturated rings. The molecule has 0 radical (unpaired) electrons. The van der Waals surface area contributed by atoms with Crippen LogP contribution in [-0.4, -0.2) is 40.8 Å². The van der Waals surface area contributed by atoms with Crippen LogP contribution in [-0.2, 0) is 4.79 Å². The number of nitrogens with one attached hydrogen (secondary N) is 1. The van der Waals surface area contributed by atoms with Crippen LogP contribution in [0.25, 0.3) is 0 Å². The quantitative estimate of drug-likeness (QED) is 0.754. The standard InChI is InChI=1S/C11H23BrN2O/c1-8(2)14(9(3)4)7-6-13-11(15)10(5)12/h8-10H,6-7H2,1-5H3,(H,13,15). The summed E-state index contributed by atoms with van der Waals surface area (Å²) in [6, 6.07) is 1.03. The maximum atomic E-state index is 11.3. The Morgan fingerprint density at radius 1 is 1.20 bits per heavy atom. The fourth-order valence-corrected chi connectivity index (χ4v) is 1.72. The summed E-state index contributed by atoms with van der Waals surface area (Å²) in [7, 11) is 0. The van der Waals surface area contributed by atoms with Crippen LogP contribution in [0, 0.1) is 0 Å². The van der Waals surface area contributed by atoms with E-state index in [1.807, 2.05) is 6.92 Å². The Labute approximate surface area is 102 Å². The Morgan fingerprint density at radius 2 is 1.67 bits per heavy atom. The predicted octanol–water partition coefficient (Wildman–Crippen LogP) is 2.00. The van der Waals surface area contributed by atoms with E-state index in [0.29, 0.717) is 18.6 Å². The summed E-state index contributed by atoms with van der Waals surface area (Å²) < 4.78 is 0. The zero-order chi connectivity index (χ0) is 12.0. The van der Waals surface area contributed by atoms with Gasteiger partial charge >= 0.3 is 0 Å². The maximum absolute atomic E-state index is 11.3. The Balaban J connectivity index is 3.87. The van der Waals surface area contributed by atoms with Crippen molar-refractivity contribution in [3.05, 3.63) is 0 Å². The molecule has 0 aliphatic carbocycles. The van der Waals surface area contributed by atoms with Crippen LogP contribution in [0.1, 0.15) is 34.6 Å². The molecule has 90 valence electrons. The van der Waals surface area contributed by atoms with E-state index in [1.165, 1.54) is 0 Å². The van der Waals surface area contributed by atoms with E-state index in [1.54, 1.807) is 0 Å². The molecule has 1 N–H and O–H groups in total. The first-order valence-corrected chi connectivity index (χ1v) is 6.45. The zero-order valence-electron chi connectivity index (χ0n) is 10.4. The Kier molecular flexibility index (Phi) is 7.18. The first-order valence-electron chi connectivity index (χ1n) is 5.53. The third kappa shape index (κ3) is 6.15. The van der Waals surface area contributed by atoms with Gasteiger partial charge in [0.2, 0.25) is 5.91 Å². The summed E-state index contributed by atoms with van der Waals surface area (Å²) in [5.74, 6) is 0.0578. The highest BCUT2D eigenvalue weighted by Crippen LogP contribution is 2.03. The van der Waals surface area contributed by atoms with Gasteiger partial charge in [-0.15, -0.1) is 0 Å². The largest absolute Gasteiger partial charge is 0.354 e. The minimum atomic E-state index is -0.107. The molecule has 0 bridgehead atoms. The molecule has 4 heteroatoms. The van der Waals surface area contributed by atoms with Gasteiger partial charge in [0, 0.05) is 25.2 Å². The van der Waals surface area contributed by atoms with E-state index in [0.717, 1.165) is 6.54 Å². The minimum absolute atomic E-state index is 0.0578. The normalized spacial score (nSPS) is 13.7. The molecular formula is C11H23BrN2O. The lowest BCUT2D eigenvalue weighted by atomic mass is 10.2. The average molecular weight is 279 g/mol. The molecule has 0 aliphatic heterocycles. The number of hydrogen-bond acceptors (Lipinski definition) is 2. The van der Waals surface area contributed by atoms with Crippen LogP contribution < -0.4 is 5.32 Å². The monoisotopic (exact) mass is 278 g/mol. The SMILES string of the molecule is CC(Br)C(=O)NCCN(C(C)C)C(C)C. The smallest absolute Gasteiger partial charge is 0.233 e. The van der Waals surface area contributed by atoms with Crippen LogP contribution in [0.15, 0.2) is 0 Å². The molecule has 3 nitrogen and oxygen atoms in total. The Bertz CT molecular complexity index is 185. The van der Waals surface area contributed by atoms with E-state index < -0.39 is 0 Å². The highest BCUT2D eigenvalue weighted by Gasteiger charge is 2.13. The first-order chi connectivity index (χ1) is 6.86. The number of halogens is 1. The van der Waals surface area contributed by atoms with Crippen molar-refractivity contribution in [1.82, 2.24) is 10.2 Å². The topological polar surface area (TPSA) is 32.3 Å². The van der Waals surface area contributed by atoms with Crippen LogP contribution in [0.3, 0.4) is 0 Å². The van der Waals surface area contributed by atoms with E-state index >= 15 is 0 Å². The van der Waals surface area contributed by atoms with Gasteiger partial charge < -0.3 is 5.32 Å². The molecule has 1 unspecified atom stereocenters. The predicted molar refractivity (Wildman–Crippen MR) is 68.4 cm³/mol. The second kappa shape index (κ2) is 7.23. The molecule has 1 atom stereocenters. The minimum Gasteiger partial charge on any atom is -0.354 e. The van der Waals surface area contributed by atoms with E-state index in [-0.39, 0.29) is 10.7 Å². The lowest BCUT2D eigenvalue weighted by Crippen LogP contribution is -2.43. The summed E-state index contributed by atoms with van der Waals surface area (Å²) >= 11 is 3.24. The summed E-state index contributed by atoms with van der Waals surface area (Å²) in [5, 5.41) is 2.89. The van der Waals surface area contributed by atoms with Gasteiger partial charge in [-0.05, 0) is 34.6 Å². The second-order valence-electron chi connectivity index (χ2n) is 4.33. The summed E-state index contributed by atoms with van der Waals surface area (Å²) in [4.78, 5) is 13.5. The number of amides is 1. The van der Waals surface area contributed by atoms with Gasteiger partial charge in [-0.2, -0.15) is 0 Å². The molecule has 0 spiro atoms. The third-order valence-electron chi connectivity index (χ3n) is 2.36. The van der Waals surface area contributed by atoms with Crippen molar-refractivity contribution in [3.8, 4) is 0 Å². The number of carbonyl (C=O) groups excluding carboxylic acids is 1. The van der Waals surface area contributed by atoms with E-state index in [9.17, 15) is 4.79 Å². The highest BCUT2D eigenvalue weighted by atomic mass is 79.9. The van der Waals surface area contributed by atoms with Crippen LogP contribution >= 0.6 is 15.9 Å². The third-order valence-corrected chi connectivity index (χ3v) is 2.77. The highest BCUT2D eigenvalue weighted by molar-refractivity contribution is 9.10. The van der Waals surface area contributed by atoms with E-state index in [2.05, 4.69) is 53.8 Å². The summed E-state index contributed by atoms with van der Waals surface area (Å²) in [5.41, 5.74) is 0.